The molecule has 2 aromatic rings. The molecule has 0 saturated heterocycles. The van der Waals surface area contributed by atoms with Crippen molar-refractivity contribution in [3.8, 4) is 0 Å². The summed E-state index contributed by atoms with van der Waals surface area (Å²) in [7, 11) is -3.59. The molecule has 0 aliphatic rings. The SMILES string of the molecule is Cc1[nH]ncc1S(=O)(=O)NCc1nn[nH]n1. The summed E-state index contributed by atoms with van der Waals surface area (Å²) < 4.78 is 25.8. The summed E-state index contributed by atoms with van der Waals surface area (Å²) in [5.74, 6) is 0.268. The van der Waals surface area contributed by atoms with Crippen molar-refractivity contribution in [3.63, 3.8) is 0 Å². The third kappa shape index (κ3) is 2.06. The molecular weight excluding hydrogens is 234 g/mol. The Balaban J connectivity index is 2.13. The largest absolute Gasteiger partial charge is 0.281 e. The summed E-state index contributed by atoms with van der Waals surface area (Å²) >= 11 is 0. The number of tetrazole rings is 1. The first kappa shape index (κ1) is 10.7. The lowest BCUT2D eigenvalue weighted by molar-refractivity contribution is 0.578. The zero-order valence-corrected chi connectivity index (χ0v) is 9.11. The van der Waals surface area contributed by atoms with Gasteiger partial charge in [0.2, 0.25) is 10.0 Å². The molecule has 0 aliphatic heterocycles. The van der Waals surface area contributed by atoms with Crippen LogP contribution in [0, 0.1) is 6.92 Å². The molecule has 10 heteroatoms. The number of H-pyrrole nitrogens is 2. The summed E-state index contributed by atoms with van der Waals surface area (Å²) in [5, 5.41) is 19.0. The van der Waals surface area contributed by atoms with Gasteiger partial charge in [0.1, 0.15) is 4.90 Å². The zero-order valence-electron chi connectivity index (χ0n) is 8.30. The Morgan fingerprint density at radius 3 is 2.88 bits per heavy atom. The minimum Gasteiger partial charge on any atom is -0.281 e. The van der Waals surface area contributed by atoms with Crippen molar-refractivity contribution in [2.45, 2.75) is 18.4 Å². The molecule has 0 unspecified atom stereocenters. The summed E-state index contributed by atoms with van der Waals surface area (Å²) in [6.45, 7) is 1.60. The lowest BCUT2D eigenvalue weighted by atomic mass is 10.5. The van der Waals surface area contributed by atoms with Gasteiger partial charge in [-0.25, -0.2) is 13.1 Å². The summed E-state index contributed by atoms with van der Waals surface area (Å²) in [4.78, 5) is 0.107. The summed E-state index contributed by atoms with van der Waals surface area (Å²) in [5.41, 5.74) is 0.473. The molecule has 0 fully saturated rings. The average Bonchev–Trinajstić information content (AvgIpc) is 2.85. The van der Waals surface area contributed by atoms with Crippen LogP contribution in [0.25, 0.3) is 0 Å². The van der Waals surface area contributed by atoms with E-state index in [0.29, 0.717) is 5.69 Å². The van der Waals surface area contributed by atoms with E-state index in [1.54, 1.807) is 6.92 Å². The Morgan fingerprint density at radius 2 is 2.31 bits per heavy atom. The van der Waals surface area contributed by atoms with E-state index >= 15 is 0 Å². The number of hydrogen-bond donors (Lipinski definition) is 3. The van der Waals surface area contributed by atoms with Crippen molar-refractivity contribution in [3.05, 3.63) is 17.7 Å². The van der Waals surface area contributed by atoms with E-state index in [1.807, 2.05) is 0 Å². The van der Waals surface area contributed by atoms with Gasteiger partial charge in [0.05, 0.1) is 18.4 Å². The Morgan fingerprint density at radius 1 is 1.50 bits per heavy atom. The van der Waals surface area contributed by atoms with Crippen LogP contribution in [0.5, 0.6) is 0 Å². The maximum Gasteiger partial charge on any atom is 0.244 e. The zero-order chi connectivity index (χ0) is 11.6. The van der Waals surface area contributed by atoms with Crippen LogP contribution in [0.1, 0.15) is 11.5 Å². The molecule has 0 aromatic carbocycles. The molecule has 9 nitrogen and oxygen atoms in total. The molecule has 3 N–H and O–H groups in total. The van der Waals surface area contributed by atoms with Crippen LogP contribution in [0.4, 0.5) is 0 Å². The van der Waals surface area contributed by atoms with Gasteiger partial charge in [0.25, 0.3) is 0 Å². The second kappa shape index (κ2) is 3.98. The van der Waals surface area contributed by atoms with Gasteiger partial charge in [-0.15, -0.1) is 10.2 Å². The smallest absolute Gasteiger partial charge is 0.244 e. The maximum atomic E-state index is 11.8. The van der Waals surface area contributed by atoms with E-state index < -0.39 is 10.0 Å². The van der Waals surface area contributed by atoms with E-state index in [4.69, 9.17) is 0 Å². The minimum atomic E-state index is -3.59. The van der Waals surface area contributed by atoms with Gasteiger partial charge in [0.15, 0.2) is 5.82 Å². The quantitative estimate of drug-likeness (QED) is 0.612. The highest BCUT2D eigenvalue weighted by Gasteiger charge is 2.18. The number of aromatic amines is 2. The predicted molar refractivity (Wildman–Crippen MR) is 51.5 cm³/mol. The fourth-order valence-corrected chi connectivity index (χ4v) is 2.22. The maximum absolute atomic E-state index is 11.8. The Kier molecular flexibility index (Phi) is 2.66. The molecule has 2 rings (SSSR count). The van der Waals surface area contributed by atoms with E-state index in [1.165, 1.54) is 6.20 Å². The van der Waals surface area contributed by atoms with E-state index in [-0.39, 0.29) is 17.3 Å². The Labute approximate surface area is 90.7 Å². The van der Waals surface area contributed by atoms with Crippen LogP contribution in [0.2, 0.25) is 0 Å². The fraction of sp³-hybridized carbons (Fsp3) is 0.333. The van der Waals surface area contributed by atoms with Gasteiger partial charge >= 0.3 is 0 Å². The third-order valence-corrected chi connectivity index (χ3v) is 3.40. The third-order valence-electron chi connectivity index (χ3n) is 1.88. The number of nitrogens with zero attached hydrogens (tertiary/aromatic N) is 4. The highest BCUT2D eigenvalue weighted by molar-refractivity contribution is 7.89. The molecule has 2 heterocycles. The van der Waals surface area contributed by atoms with Crippen LogP contribution in [0.3, 0.4) is 0 Å². The highest BCUT2D eigenvalue weighted by atomic mass is 32.2. The first-order valence-electron chi connectivity index (χ1n) is 4.31. The second-order valence-corrected chi connectivity index (χ2v) is 4.75. The number of nitrogens with one attached hydrogen (secondary N) is 3. The van der Waals surface area contributed by atoms with Crippen molar-refractivity contribution in [2.75, 3.05) is 0 Å². The minimum absolute atomic E-state index is 0.0244. The van der Waals surface area contributed by atoms with Gasteiger partial charge in [-0.2, -0.15) is 10.3 Å². The normalized spacial score (nSPS) is 11.8. The molecule has 16 heavy (non-hydrogen) atoms. The molecule has 0 bridgehead atoms. The van der Waals surface area contributed by atoms with E-state index in [0.717, 1.165) is 0 Å². The fourth-order valence-electron chi connectivity index (χ4n) is 1.11. The molecule has 0 atom stereocenters. The predicted octanol–water partition coefficient (Wildman–Crippen LogP) is -1.29. The monoisotopic (exact) mass is 243 g/mol. The van der Waals surface area contributed by atoms with Gasteiger partial charge in [-0.3, -0.25) is 5.10 Å². The van der Waals surface area contributed by atoms with Gasteiger partial charge in [0, 0.05) is 0 Å². The van der Waals surface area contributed by atoms with Crippen molar-refractivity contribution < 1.29 is 8.42 Å². The lowest BCUT2D eigenvalue weighted by Crippen LogP contribution is -2.24. The Hall–Kier alpha value is -1.81. The molecule has 86 valence electrons. The molecule has 0 radical (unpaired) electrons. The lowest BCUT2D eigenvalue weighted by Gasteiger charge is -2.02. The number of sulfonamides is 1. The number of rotatable bonds is 4. The molecule has 0 aliphatic carbocycles. The Bertz CT molecular complexity index is 557. The average molecular weight is 243 g/mol. The molecule has 2 aromatic heterocycles. The van der Waals surface area contributed by atoms with Crippen LogP contribution in [-0.4, -0.2) is 39.2 Å². The van der Waals surface area contributed by atoms with Gasteiger partial charge < -0.3 is 0 Å². The van der Waals surface area contributed by atoms with Crippen molar-refractivity contribution in [2.24, 2.45) is 0 Å². The molecular formula is C6H9N7O2S. The van der Waals surface area contributed by atoms with Crippen molar-refractivity contribution >= 4 is 10.0 Å². The molecule has 0 spiro atoms. The van der Waals surface area contributed by atoms with E-state index in [2.05, 4.69) is 35.5 Å². The van der Waals surface area contributed by atoms with Crippen molar-refractivity contribution in [1.29, 1.82) is 0 Å². The summed E-state index contributed by atoms with van der Waals surface area (Å²) in [6, 6.07) is 0. The van der Waals surface area contributed by atoms with Gasteiger partial charge in [-0.05, 0) is 6.92 Å². The first-order valence-corrected chi connectivity index (χ1v) is 5.80. The first-order chi connectivity index (χ1) is 7.59. The number of aromatic nitrogens is 6. The second-order valence-electron chi connectivity index (χ2n) is 3.01. The highest BCUT2D eigenvalue weighted by Crippen LogP contribution is 2.10. The van der Waals surface area contributed by atoms with E-state index in [9.17, 15) is 8.42 Å². The van der Waals surface area contributed by atoms with Crippen LogP contribution in [-0.2, 0) is 16.6 Å². The summed E-state index contributed by atoms with van der Waals surface area (Å²) in [6.07, 6.45) is 1.24. The molecule has 0 saturated carbocycles. The van der Waals surface area contributed by atoms with Crippen LogP contribution < -0.4 is 4.72 Å². The number of hydrogen-bond acceptors (Lipinski definition) is 6. The number of aryl methyl sites for hydroxylation is 1. The van der Waals surface area contributed by atoms with Gasteiger partial charge in [-0.1, -0.05) is 5.21 Å². The molecule has 0 amide bonds. The van der Waals surface area contributed by atoms with Crippen LogP contribution >= 0.6 is 0 Å². The topological polar surface area (TPSA) is 129 Å². The standard InChI is InChI=1S/C6H9N7O2S/c1-4-5(2-7-9-4)16(14,15)8-3-6-10-12-13-11-6/h2,8H,3H2,1H3,(H,7,9)(H,10,11,12,13). The van der Waals surface area contributed by atoms with Crippen molar-refractivity contribution in [1.82, 2.24) is 35.5 Å². The van der Waals surface area contributed by atoms with Crippen LogP contribution in [0.15, 0.2) is 11.1 Å².